The average Bonchev–Trinajstić information content (AvgIpc) is 2.97. The first-order valence-corrected chi connectivity index (χ1v) is 9.25. The predicted molar refractivity (Wildman–Crippen MR) is 114 cm³/mol. The first-order valence-electron chi connectivity index (χ1n) is 9.25. The van der Waals surface area contributed by atoms with E-state index in [2.05, 4.69) is 16.0 Å². The molecule has 0 saturated heterocycles. The van der Waals surface area contributed by atoms with Crippen molar-refractivity contribution in [2.75, 3.05) is 7.11 Å². The van der Waals surface area contributed by atoms with Crippen molar-refractivity contribution in [3.8, 4) is 33.5 Å². The molecule has 29 heavy (non-hydrogen) atoms. The van der Waals surface area contributed by atoms with Gasteiger partial charge in [-0.25, -0.2) is 0 Å². The van der Waals surface area contributed by atoms with Crippen LogP contribution in [0.25, 0.3) is 44.3 Å². The predicted octanol–water partition coefficient (Wildman–Crippen LogP) is 4.29. The fourth-order valence-corrected chi connectivity index (χ4v) is 3.89. The number of hydrogen-bond donors (Lipinski definition) is 0. The van der Waals surface area contributed by atoms with E-state index in [0.717, 1.165) is 33.2 Å². The Morgan fingerprint density at radius 1 is 0.828 bits per heavy atom. The standard InChI is InChI=1S/C24H17N3O2/c1-29-27-23(18-9-6-12-26-15-18)21(17-8-5-11-25-14-17)20-13-16-7-3-2-4-10-19(16)22(20)24(27)28/h2-15H,1H3. The second-order valence-corrected chi connectivity index (χ2v) is 6.70. The number of fused-ring (bicyclic) bond motifs is 3. The van der Waals surface area contributed by atoms with Crippen LogP contribution in [-0.2, 0) is 0 Å². The molecule has 2 aliphatic rings. The normalized spacial score (nSPS) is 11.1. The summed E-state index contributed by atoms with van der Waals surface area (Å²) in [4.78, 5) is 27.7. The van der Waals surface area contributed by atoms with Crippen LogP contribution in [0.3, 0.4) is 0 Å². The molecule has 5 heteroatoms. The maximum absolute atomic E-state index is 13.5. The highest BCUT2D eigenvalue weighted by Gasteiger charge is 2.24. The largest absolute Gasteiger partial charge is 0.413 e. The van der Waals surface area contributed by atoms with Crippen molar-refractivity contribution in [3.63, 3.8) is 0 Å². The molecule has 2 aliphatic carbocycles. The molecule has 0 bridgehead atoms. The zero-order chi connectivity index (χ0) is 19.8. The monoisotopic (exact) mass is 379 g/mol. The van der Waals surface area contributed by atoms with Crippen molar-refractivity contribution in [1.82, 2.24) is 14.7 Å². The van der Waals surface area contributed by atoms with Gasteiger partial charge in [0, 0.05) is 41.5 Å². The molecule has 3 aromatic heterocycles. The van der Waals surface area contributed by atoms with E-state index in [0.29, 0.717) is 11.1 Å². The van der Waals surface area contributed by atoms with E-state index in [-0.39, 0.29) is 5.56 Å². The van der Waals surface area contributed by atoms with Gasteiger partial charge in [0.2, 0.25) is 0 Å². The van der Waals surface area contributed by atoms with Crippen molar-refractivity contribution in [1.29, 1.82) is 0 Å². The summed E-state index contributed by atoms with van der Waals surface area (Å²) in [5.41, 5.74) is 4.94. The van der Waals surface area contributed by atoms with Crippen molar-refractivity contribution >= 4 is 10.8 Å². The maximum atomic E-state index is 13.5. The molecule has 0 saturated carbocycles. The SMILES string of the molecule is COn1c(-c2cccnc2)c(-c2cccnc2)c2cc3cccccc-3c2c1=O. The van der Waals surface area contributed by atoms with E-state index >= 15 is 0 Å². The smallest absolute Gasteiger partial charge is 0.292 e. The summed E-state index contributed by atoms with van der Waals surface area (Å²) in [7, 11) is 1.51. The summed E-state index contributed by atoms with van der Waals surface area (Å²) in [6.45, 7) is 0. The third-order valence-electron chi connectivity index (χ3n) is 5.09. The number of rotatable bonds is 3. The third-order valence-corrected chi connectivity index (χ3v) is 5.09. The Kier molecular flexibility index (Phi) is 4.06. The van der Waals surface area contributed by atoms with Crippen LogP contribution in [0, 0.1) is 0 Å². The maximum Gasteiger partial charge on any atom is 0.292 e. The van der Waals surface area contributed by atoms with E-state index in [9.17, 15) is 4.79 Å². The summed E-state index contributed by atoms with van der Waals surface area (Å²) < 4.78 is 1.36. The van der Waals surface area contributed by atoms with Crippen LogP contribution in [0.1, 0.15) is 0 Å². The fourth-order valence-electron chi connectivity index (χ4n) is 3.89. The van der Waals surface area contributed by atoms with E-state index in [1.54, 1.807) is 24.8 Å². The zero-order valence-corrected chi connectivity index (χ0v) is 15.7. The van der Waals surface area contributed by atoms with E-state index in [1.807, 2.05) is 54.6 Å². The van der Waals surface area contributed by atoms with Crippen LogP contribution in [0.4, 0.5) is 0 Å². The molecule has 0 aromatic carbocycles. The number of hydrogen-bond acceptors (Lipinski definition) is 4. The molecular formula is C24H17N3O2. The molecule has 0 atom stereocenters. The van der Waals surface area contributed by atoms with Gasteiger partial charge < -0.3 is 4.84 Å². The summed E-state index contributed by atoms with van der Waals surface area (Å²) in [6.07, 6.45) is 6.98. The summed E-state index contributed by atoms with van der Waals surface area (Å²) in [6, 6.07) is 19.6. The Hall–Kier alpha value is -3.99. The molecule has 0 fully saturated rings. The van der Waals surface area contributed by atoms with Gasteiger partial charge in [-0.3, -0.25) is 14.8 Å². The molecule has 0 amide bonds. The van der Waals surface area contributed by atoms with E-state index in [4.69, 9.17) is 4.84 Å². The van der Waals surface area contributed by atoms with Crippen LogP contribution >= 0.6 is 0 Å². The lowest BCUT2D eigenvalue weighted by atomic mass is 9.97. The minimum Gasteiger partial charge on any atom is -0.413 e. The van der Waals surface area contributed by atoms with Crippen molar-refractivity contribution < 1.29 is 4.84 Å². The summed E-state index contributed by atoms with van der Waals surface area (Å²) in [5.74, 6) is 0. The number of nitrogens with zero attached hydrogens (tertiary/aromatic N) is 3. The lowest BCUT2D eigenvalue weighted by Crippen LogP contribution is -2.27. The van der Waals surface area contributed by atoms with Crippen molar-refractivity contribution in [3.05, 3.63) is 95.8 Å². The lowest BCUT2D eigenvalue weighted by Gasteiger charge is -2.17. The second kappa shape index (κ2) is 6.87. The highest BCUT2D eigenvalue weighted by Crippen LogP contribution is 2.41. The Morgan fingerprint density at radius 2 is 1.52 bits per heavy atom. The minimum atomic E-state index is -0.199. The van der Waals surface area contributed by atoms with E-state index < -0.39 is 0 Å². The third kappa shape index (κ3) is 2.67. The highest BCUT2D eigenvalue weighted by molar-refractivity contribution is 6.11. The Morgan fingerprint density at radius 3 is 2.21 bits per heavy atom. The Labute approximate surface area is 167 Å². The van der Waals surface area contributed by atoms with Crippen LogP contribution in [0.2, 0.25) is 0 Å². The first-order chi connectivity index (χ1) is 14.3. The van der Waals surface area contributed by atoms with Crippen LogP contribution in [-0.4, -0.2) is 21.8 Å². The van der Waals surface area contributed by atoms with Gasteiger partial charge in [-0.2, -0.15) is 0 Å². The number of aromatic nitrogens is 3. The summed E-state index contributed by atoms with van der Waals surface area (Å²) >= 11 is 0. The quantitative estimate of drug-likeness (QED) is 0.469. The van der Waals surface area contributed by atoms with Crippen LogP contribution in [0.5, 0.6) is 0 Å². The molecule has 5 nitrogen and oxygen atoms in total. The minimum absolute atomic E-state index is 0.199. The van der Waals surface area contributed by atoms with Gasteiger partial charge in [0.1, 0.15) is 12.8 Å². The van der Waals surface area contributed by atoms with Gasteiger partial charge in [-0.15, -0.1) is 4.73 Å². The molecule has 5 rings (SSSR count). The Bertz CT molecular complexity index is 1350. The lowest BCUT2D eigenvalue weighted by molar-refractivity contribution is 0.163. The van der Waals surface area contributed by atoms with Gasteiger partial charge in [-0.1, -0.05) is 36.4 Å². The van der Waals surface area contributed by atoms with Crippen molar-refractivity contribution in [2.45, 2.75) is 0 Å². The van der Waals surface area contributed by atoms with Gasteiger partial charge in [-0.05, 0) is 40.8 Å². The topological polar surface area (TPSA) is 57.0 Å². The molecule has 0 unspecified atom stereocenters. The van der Waals surface area contributed by atoms with Gasteiger partial charge in [0.25, 0.3) is 5.56 Å². The average molecular weight is 379 g/mol. The Balaban J connectivity index is 2.05. The van der Waals surface area contributed by atoms with E-state index in [1.165, 1.54) is 11.8 Å². The van der Waals surface area contributed by atoms with Gasteiger partial charge >= 0.3 is 0 Å². The van der Waals surface area contributed by atoms with Crippen molar-refractivity contribution in [2.24, 2.45) is 0 Å². The molecule has 0 N–H and O–H groups in total. The second-order valence-electron chi connectivity index (χ2n) is 6.70. The first kappa shape index (κ1) is 17.1. The molecular weight excluding hydrogens is 362 g/mol. The molecule has 0 spiro atoms. The van der Waals surface area contributed by atoms with Gasteiger partial charge in [0.05, 0.1) is 5.39 Å². The molecule has 3 heterocycles. The molecule has 3 aromatic rings. The molecule has 0 aliphatic heterocycles. The molecule has 0 radical (unpaired) electrons. The highest BCUT2D eigenvalue weighted by atomic mass is 16.6. The summed E-state index contributed by atoms with van der Waals surface area (Å²) in [5, 5.41) is 1.50. The molecule has 140 valence electrons. The van der Waals surface area contributed by atoms with Gasteiger partial charge in [0.15, 0.2) is 0 Å². The zero-order valence-electron chi connectivity index (χ0n) is 15.7. The fraction of sp³-hybridized carbons (Fsp3) is 0.0417. The van der Waals surface area contributed by atoms with Crippen LogP contribution in [0.15, 0.2) is 90.2 Å². The number of pyridine rings is 3. The van der Waals surface area contributed by atoms with Crippen LogP contribution < -0.4 is 10.4 Å².